The fraction of sp³-hybridized carbons (Fsp3) is 0.448. The van der Waals surface area contributed by atoms with E-state index in [0.29, 0.717) is 36.7 Å². The van der Waals surface area contributed by atoms with E-state index in [9.17, 15) is 36.6 Å². The molecule has 2 atom stereocenters. The van der Waals surface area contributed by atoms with Crippen LogP contribution in [0.2, 0.25) is 0 Å². The summed E-state index contributed by atoms with van der Waals surface area (Å²) in [4.78, 5) is 26.0. The molecule has 2 aliphatic heterocycles. The zero-order valence-corrected chi connectivity index (χ0v) is 26.2. The number of carboxylic acid groups (broad SMARTS) is 1. The standard InChI is InChI=1S/C29H36N4O10S2/c1-2-31-17-26(27(35)24-8-3-4-9-25(24)31)45(40,41)32-12-10-29(11-13-32)15-20(18-43-29)33(28(36)37)16-21(34)19-42-22-6-5-7-23(14-22)44(30,38)39/h3-9,14,17,20-21,34H,2,10-13,15-16,18-19H2,1H3,(H,36,37)(H2,30,38,39). The highest BCUT2D eigenvalue weighted by Crippen LogP contribution is 2.39. The molecule has 2 aliphatic rings. The summed E-state index contributed by atoms with van der Waals surface area (Å²) in [5, 5.41) is 25.9. The molecule has 1 amide bonds. The highest BCUT2D eigenvalue weighted by Gasteiger charge is 2.47. The fourth-order valence-corrected chi connectivity index (χ4v) is 8.10. The third kappa shape index (κ3) is 6.85. The van der Waals surface area contributed by atoms with Crippen LogP contribution < -0.4 is 15.3 Å². The summed E-state index contributed by atoms with van der Waals surface area (Å²) in [5.74, 6) is 0.143. The Morgan fingerprint density at radius 3 is 2.53 bits per heavy atom. The molecule has 16 heteroatoms. The minimum absolute atomic E-state index is 0.0644. The molecule has 0 bridgehead atoms. The first-order chi connectivity index (χ1) is 21.2. The topological polar surface area (TPSA) is 199 Å². The molecule has 14 nitrogen and oxygen atoms in total. The van der Waals surface area contributed by atoms with Crippen molar-refractivity contribution in [2.24, 2.45) is 5.14 Å². The van der Waals surface area contributed by atoms with E-state index in [0.717, 1.165) is 4.90 Å². The van der Waals surface area contributed by atoms with Gasteiger partial charge in [0.05, 0.1) is 35.2 Å². The molecule has 45 heavy (non-hydrogen) atoms. The Morgan fingerprint density at radius 2 is 1.87 bits per heavy atom. The van der Waals surface area contributed by atoms with Crippen LogP contribution in [0.5, 0.6) is 5.75 Å². The molecule has 2 unspecified atom stereocenters. The molecule has 0 aliphatic carbocycles. The average molecular weight is 665 g/mol. The number of sulfonamides is 2. The SMILES string of the molecule is CCn1cc(S(=O)(=O)N2CCC3(CC2)CC(N(CC(O)COc2cccc(S(N)(=O)=O)c2)C(=O)O)CO3)c(=O)c2ccccc21. The Labute approximate surface area is 260 Å². The summed E-state index contributed by atoms with van der Waals surface area (Å²) in [6.07, 6.45) is -0.203. The number of benzene rings is 2. The van der Waals surface area contributed by atoms with Gasteiger partial charge in [-0.1, -0.05) is 18.2 Å². The molecule has 5 rings (SSSR count). The normalized spacial score (nSPS) is 19.5. The number of fused-ring (bicyclic) bond motifs is 1. The first kappa shape index (κ1) is 32.8. The third-order valence-corrected chi connectivity index (χ3v) is 11.2. The van der Waals surface area contributed by atoms with Crippen LogP contribution in [0.25, 0.3) is 10.9 Å². The maximum absolute atomic E-state index is 13.6. The molecule has 1 spiro atoms. The van der Waals surface area contributed by atoms with Crippen LogP contribution in [-0.2, 0) is 31.3 Å². The molecule has 2 fully saturated rings. The van der Waals surface area contributed by atoms with Crippen molar-refractivity contribution in [1.82, 2.24) is 13.8 Å². The summed E-state index contributed by atoms with van der Waals surface area (Å²) in [7, 11) is -8.06. The number of piperidine rings is 1. The van der Waals surface area contributed by atoms with Gasteiger partial charge in [-0.2, -0.15) is 4.31 Å². The van der Waals surface area contributed by atoms with Crippen molar-refractivity contribution in [2.45, 2.75) is 60.3 Å². The van der Waals surface area contributed by atoms with E-state index in [-0.39, 0.29) is 48.4 Å². The zero-order chi connectivity index (χ0) is 32.6. The number of aryl methyl sites for hydroxylation is 1. The Morgan fingerprint density at radius 1 is 1.16 bits per heavy atom. The lowest BCUT2D eigenvalue weighted by atomic mass is 9.88. The van der Waals surface area contributed by atoms with Crippen molar-refractivity contribution in [3.63, 3.8) is 0 Å². The minimum Gasteiger partial charge on any atom is -0.491 e. The smallest absolute Gasteiger partial charge is 0.407 e. The second-order valence-electron chi connectivity index (χ2n) is 11.3. The van der Waals surface area contributed by atoms with Gasteiger partial charge in [0.25, 0.3) is 0 Å². The first-order valence-electron chi connectivity index (χ1n) is 14.4. The lowest BCUT2D eigenvalue weighted by molar-refractivity contribution is -0.0319. The predicted molar refractivity (Wildman–Crippen MR) is 163 cm³/mol. The maximum Gasteiger partial charge on any atom is 0.407 e. The Hall–Kier alpha value is -3.54. The van der Waals surface area contributed by atoms with E-state index < -0.39 is 49.3 Å². The quantitative estimate of drug-likeness (QED) is 0.285. The number of aromatic nitrogens is 1. The van der Waals surface area contributed by atoms with Gasteiger partial charge in [0.1, 0.15) is 23.4 Å². The van der Waals surface area contributed by atoms with Gasteiger partial charge in [-0.15, -0.1) is 0 Å². The van der Waals surface area contributed by atoms with Crippen LogP contribution in [0.1, 0.15) is 26.2 Å². The largest absolute Gasteiger partial charge is 0.491 e. The van der Waals surface area contributed by atoms with E-state index in [1.54, 1.807) is 28.8 Å². The monoisotopic (exact) mass is 664 g/mol. The van der Waals surface area contributed by atoms with E-state index in [1.165, 1.54) is 34.8 Å². The minimum atomic E-state index is -4.11. The number of ether oxygens (including phenoxy) is 2. The molecular weight excluding hydrogens is 628 g/mol. The number of hydrogen-bond donors (Lipinski definition) is 3. The highest BCUT2D eigenvalue weighted by molar-refractivity contribution is 7.89. The van der Waals surface area contributed by atoms with E-state index in [2.05, 4.69) is 0 Å². The molecule has 4 N–H and O–H groups in total. The van der Waals surface area contributed by atoms with Crippen LogP contribution in [0, 0.1) is 0 Å². The van der Waals surface area contributed by atoms with Crippen LogP contribution in [0.3, 0.4) is 0 Å². The lowest BCUT2D eigenvalue weighted by Crippen LogP contribution is -2.49. The molecule has 0 radical (unpaired) electrons. The molecule has 2 saturated heterocycles. The fourth-order valence-electron chi connectivity index (χ4n) is 6.00. The van der Waals surface area contributed by atoms with Crippen molar-refractivity contribution >= 4 is 37.0 Å². The molecule has 3 heterocycles. The number of rotatable bonds is 10. The van der Waals surface area contributed by atoms with Gasteiger partial charge in [-0.25, -0.2) is 26.8 Å². The summed E-state index contributed by atoms with van der Waals surface area (Å²) < 4.78 is 65.0. The van der Waals surface area contributed by atoms with E-state index >= 15 is 0 Å². The summed E-state index contributed by atoms with van der Waals surface area (Å²) >= 11 is 0. The van der Waals surface area contributed by atoms with Crippen LogP contribution in [-0.4, -0.2) is 97.5 Å². The van der Waals surface area contributed by atoms with Crippen molar-refractivity contribution in [3.8, 4) is 5.75 Å². The zero-order valence-electron chi connectivity index (χ0n) is 24.6. The van der Waals surface area contributed by atoms with Gasteiger partial charge in [0.15, 0.2) is 0 Å². The van der Waals surface area contributed by atoms with Gasteiger partial charge >= 0.3 is 6.09 Å². The number of primary sulfonamides is 1. The van der Waals surface area contributed by atoms with Gasteiger partial charge in [-0.3, -0.25) is 4.79 Å². The molecule has 3 aromatic rings. The van der Waals surface area contributed by atoms with Crippen LogP contribution in [0.15, 0.2) is 69.3 Å². The number of nitrogens with zero attached hydrogens (tertiary/aromatic N) is 3. The van der Waals surface area contributed by atoms with Crippen molar-refractivity contribution in [1.29, 1.82) is 0 Å². The van der Waals surface area contributed by atoms with Gasteiger partial charge in [-0.05, 0) is 50.5 Å². The maximum atomic E-state index is 13.6. The van der Waals surface area contributed by atoms with Crippen molar-refractivity contribution in [3.05, 3.63) is 65.0 Å². The average Bonchev–Trinajstić information content (AvgIpc) is 3.41. The number of para-hydroxylation sites is 1. The number of hydrogen-bond acceptors (Lipinski definition) is 9. The Balaban J connectivity index is 1.22. The number of aliphatic hydroxyl groups is 1. The van der Waals surface area contributed by atoms with Gasteiger partial charge in [0.2, 0.25) is 25.5 Å². The van der Waals surface area contributed by atoms with Gasteiger partial charge < -0.3 is 29.2 Å². The molecule has 0 saturated carbocycles. The lowest BCUT2D eigenvalue weighted by Gasteiger charge is -2.38. The number of aliphatic hydroxyl groups excluding tert-OH is 1. The van der Waals surface area contributed by atoms with E-state index in [1.807, 2.05) is 6.92 Å². The summed E-state index contributed by atoms with van der Waals surface area (Å²) in [6.45, 7) is 2.00. The highest BCUT2D eigenvalue weighted by atomic mass is 32.2. The molecule has 244 valence electrons. The first-order valence-corrected chi connectivity index (χ1v) is 17.4. The number of carbonyl (C=O) groups is 1. The second kappa shape index (κ2) is 12.7. The number of amides is 1. The molecule has 2 aromatic carbocycles. The Kier molecular flexibility index (Phi) is 9.26. The van der Waals surface area contributed by atoms with E-state index in [4.69, 9.17) is 14.6 Å². The number of nitrogens with two attached hydrogens (primary N) is 1. The van der Waals surface area contributed by atoms with Crippen LogP contribution >= 0.6 is 0 Å². The summed E-state index contributed by atoms with van der Waals surface area (Å²) in [5.41, 5.74) is -0.653. The van der Waals surface area contributed by atoms with Crippen molar-refractivity contribution < 1.29 is 41.3 Å². The number of pyridine rings is 1. The second-order valence-corrected chi connectivity index (χ2v) is 14.8. The van der Waals surface area contributed by atoms with Crippen LogP contribution in [0.4, 0.5) is 4.79 Å². The molecular formula is C29H36N4O10S2. The van der Waals surface area contributed by atoms with Crippen molar-refractivity contribution in [2.75, 3.05) is 32.8 Å². The molecule has 1 aromatic heterocycles. The Bertz CT molecular complexity index is 1850. The van der Waals surface area contributed by atoms with Gasteiger partial charge in [0, 0.05) is 37.3 Å². The summed E-state index contributed by atoms with van der Waals surface area (Å²) in [6, 6.07) is 11.7. The predicted octanol–water partition coefficient (Wildman–Crippen LogP) is 1.40. The third-order valence-electron chi connectivity index (χ3n) is 8.41.